The molecule has 0 unspecified atom stereocenters. The molecule has 4 nitrogen and oxygen atoms in total. The number of nitrogens with zero attached hydrogens (tertiary/aromatic N) is 3. The number of benzene rings is 1. The molecule has 2 aromatic rings. The van der Waals surface area contributed by atoms with Gasteiger partial charge in [-0.1, -0.05) is 31.2 Å². The normalized spacial score (nSPS) is 12.1. The van der Waals surface area contributed by atoms with Crippen LogP contribution in [0.15, 0.2) is 42.7 Å². The van der Waals surface area contributed by atoms with E-state index in [9.17, 15) is 0 Å². The molecule has 1 aromatic heterocycles. The molecular formula is C21H30N4S. The third-order valence-electron chi connectivity index (χ3n) is 4.66. The summed E-state index contributed by atoms with van der Waals surface area (Å²) in [4.78, 5) is 8.69. The van der Waals surface area contributed by atoms with Gasteiger partial charge >= 0.3 is 0 Å². The summed E-state index contributed by atoms with van der Waals surface area (Å²) in [6.45, 7) is 8.26. The molecular weight excluding hydrogens is 340 g/mol. The molecule has 0 amide bonds. The molecule has 1 N–H and O–H groups in total. The molecule has 2 rings (SSSR count). The van der Waals surface area contributed by atoms with Crippen LogP contribution >= 0.6 is 12.2 Å². The zero-order chi connectivity index (χ0) is 19.1. The van der Waals surface area contributed by atoms with Gasteiger partial charge in [-0.25, -0.2) is 0 Å². The summed E-state index contributed by atoms with van der Waals surface area (Å²) in [6, 6.07) is 10.6. The second-order valence-electron chi connectivity index (χ2n) is 6.85. The number of pyridine rings is 1. The fraction of sp³-hybridized carbons (Fsp3) is 0.429. The summed E-state index contributed by atoms with van der Waals surface area (Å²) in [5.74, 6) is 0. The van der Waals surface area contributed by atoms with Crippen molar-refractivity contribution in [3.8, 4) is 0 Å². The number of rotatable bonds is 7. The smallest absolute Gasteiger partial charge is 0.173 e. The topological polar surface area (TPSA) is 31.4 Å². The van der Waals surface area contributed by atoms with Crippen LogP contribution in [0.3, 0.4) is 0 Å². The maximum absolute atomic E-state index is 5.83. The number of aryl methyl sites for hydroxylation is 2. The third kappa shape index (κ3) is 5.26. The van der Waals surface area contributed by atoms with Gasteiger partial charge in [0.25, 0.3) is 0 Å². The standard InChI is InChI=1S/C21H30N4S/c1-6-18-10-7-9-16(2)20(18)23-21(26)25(14-13-24(4)5)17(3)19-11-8-12-22-15-19/h7-12,15,17H,6,13-14H2,1-5H3,(H,23,26)/t17-/m0/s1. The lowest BCUT2D eigenvalue weighted by atomic mass is 10.1. The van der Waals surface area contributed by atoms with Crippen LogP contribution in [0.4, 0.5) is 5.69 Å². The van der Waals surface area contributed by atoms with Crippen LogP contribution in [-0.2, 0) is 6.42 Å². The Kier molecular flexibility index (Phi) is 7.54. The van der Waals surface area contributed by atoms with Gasteiger partial charge in [-0.15, -0.1) is 0 Å². The van der Waals surface area contributed by atoms with E-state index in [-0.39, 0.29) is 6.04 Å². The van der Waals surface area contributed by atoms with Crippen molar-refractivity contribution in [2.75, 3.05) is 32.5 Å². The lowest BCUT2D eigenvalue weighted by molar-refractivity contribution is 0.289. The maximum atomic E-state index is 5.83. The molecule has 0 aliphatic carbocycles. The SMILES string of the molecule is CCc1cccc(C)c1NC(=S)N(CCN(C)C)[C@@H](C)c1cccnc1. The number of hydrogen-bond acceptors (Lipinski definition) is 3. The predicted octanol–water partition coefficient (Wildman–Crippen LogP) is 4.27. The molecule has 140 valence electrons. The molecule has 0 radical (unpaired) electrons. The summed E-state index contributed by atoms with van der Waals surface area (Å²) < 4.78 is 0. The fourth-order valence-corrected chi connectivity index (χ4v) is 3.31. The molecule has 0 bridgehead atoms. The first kappa shape index (κ1) is 20.3. The first-order chi connectivity index (χ1) is 12.4. The summed E-state index contributed by atoms with van der Waals surface area (Å²) in [5, 5.41) is 4.28. The van der Waals surface area contributed by atoms with Gasteiger partial charge in [-0.2, -0.15) is 0 Å². The minimum absolute atomic E-state index is 0.151. The summed E-state index contributed by atoms with van der Waals surface area (Å²) in [6.07, 6.45) is 4.70. The van der Waals surface area contributed by atoms with E-state index in [4.69, 9.17) is 12.2 Å². The molecule has 1 aromatic carbocycles. The van der Waals surface area contributed by atoms with Crippen LogP contribution < -0.4 is 5.32 Å². The highest BCUT2D eigenvalue weighted by Gasteiger charge is 2.20. The highest BCUT2D eigenvalue weighted by Crippen LogP contribution is 2.24. The monoisotopic (exact) mass is 370 g/mol. The van der Waals surface area contributed by atoms with Crippen molar-refractivity contribution in [2.45, 2.75) is 33.2 Å². The van der Waals surface area contributed by atoms with E-state index in [2.05, 4.69) is 79.2 Å². The Bertz CT molecular complexity index is 715. The van der Waals surface area contributed by atoms with Crippen LogP contribution in [-0.4, -0.2) is 47.1 Å². The van der Waals surface area contributed by atoms with E-state index in [0.29, 0.717) is 0 Å². The van der Waals surface area contributed by atoms with E-state index in [1.165, 1.54) is 11.1 Å². The van der Waals surface area contributed by atoms with Crippen molar-refractivity contribution in [1.29, 1.82) is 0 Å². The van der Waals surface area contributed by atoms with E-state index >= 15 is 0 Å². The third-order valence-corrected chi connectivity index (χ3v) is 4.99. The predicted molar refractivity (Wildman–Crippen MR) is 115 cm³/mol. The first-order valence-corrected chi connectivity index (χ1v) is 9.55. The van der Waals surface area contributed by atoms with Crippen molar-refractivity contribution in [3.05, 3.63) is 59.4 Å². The average molecular weight is 371 g/mol. The van der Waals surface area contributed by atoms with E-state index in [1.54, 1.807) is 6.20 Å². The molecule has 1 atom stereocenters. The van der Waals surface area contributed by atoms with E-state index < -0.39 is 0 Å². The Balaban J connectivity index is 2.26. The van der Waals surface area contributed by atoms with Gasteiger partial charge in [0.05, 0.1) is 6.04 Å². The Morgan fingerprint density at radius 2 is 1.96 bits per heavy atom. The Hall–Kier alpha value is -1.98. The second kappa shape index (κ2) is 9.64. The minimum atomic E-state index is 0.151. The van der Waals surface area contributed by atoms with Crippen molar-refractivity contribution >= 4 is 23.0 Å². The van der Waals surface area contributed by atoms with Crippen LogP contribution in [0.25, 0.3) is 0 Å². The lowest BCUT2D eigenvalue weighted by Crippen LogP contribution is -2.41. The van der Waals surface area contributed by atoms with Crippen LogP contribution in [0.5, 0.6) is 0 Å². The van der Waals surface area contributed by atoms with Gasteiger partial charge in [0, 0.05) is 31.2 Å². The molecule has 0 saturated carbocycles. The van der Waals surface area contributed by atoms with Crippen LogP contribution in [0.1, 0.15) is 36.6 Å². The summed E-state index contributed by atoms with van der Waals surface area (Å²) in [7, 11) is 4.17. The van der Waals surface area contributed by atoms with E-state index in [0.717, 1.165) is 35.9 Å². The fourth-order valence-electron chi connectivity index (χ4n) is 2.96. The van der Waals surface area contributed by atoms with Gasteiger partial charge < -0.3 is 15.1 Å². The van der Waals surface area contributed by atoms with Crippen LogP contribution in [0, 0.1) is 6.92 Å². The molecule has 1 heterocycles. The lowest BCUT2D eigenvalue weighted by Gasteiger charge is -2.33. The molecule has 0 saturated heterocycles. The Morgan fingerprint density at radius 1 is 1.19 bits per heavy atom. The largest absolute Gasteiger partial charge is 0.341 e. The zero-order valence-electron chi connectivity index (χ0n) is 16.5. The Morgan fingerprint density at radius 3 is 2.58 bits per heavy atom. The molecule has 0 fully saturated rings. The van der Waals surface area contributed by atoms with Gasteiger partial charge in [-0.3, -0.25) is 4.98 Å². The number of nitrogens with one attached hydrogen (secondary N) is 1. The Labute approximate surface area is 163 Å². The van der Waals surface area contributed by atoms with Crippen molar-refractivity contribution < 1.29 is 0 Å². The highest BCUT2D eigenvalue weighted by atomic mass is 32.1. The van der Waals surface area contributed by atoms with Crippen molar-refractivity contribution in [1.82, 2.24) is 14.8 Å². The first-order valence-electron chi connectivity index (χ1n) is 9.14. The zero-order valence-corrected chi connectivity index (χ0v) is 17.3. The molecule has 0 spiro atoms. The number of para-hydroxylation sites is 1. The number of hydrogen-bond donors (Lipinski definition) is 1. The number of anilines is 1. The van der Waals surface area contributed by atoms with Gasteiger partial charge in [0.1, 0.15) is 0 Å². The second-order valence-corrected chi connectivity index (χ2v) is 7.24. The molecule has 26 heavy (non-hydrogen) atoms. The average Bonchev–Trinajstić information content (AvgIpc) is 2.63. The summed E-state index contributed by atoms with van der Waals surface area (Å²) in [5.41, 5.74) is 4.80. The maximum Gasteiger partial charge on any atom is 0.173 e. The highest BCUT2D eigenvalue weighted by molar-refractivity contribution is 7.80. The number of likely N-dealkylation sites (N-methyl/N-ethyl adjacent to an activating group) is 1. The van der Waals surface area contributed by atoms with Crippen molar-refractivity contribution in [2.24, 2.45) is 0 Å². The van der Waals surface area contributed by atoms with Crippen LogP contribution in [0.2, 0.25) is 0 Å². The molecule has 0 aliphatic rings. The van der Waals surface area contributed by atoms with Crippen molar-refractivity contribution in [3.63, 3.8) is 0 Å². The summed E-state index contributed by atoms with van der Waals surface area (Å²) >= 11 is 5.83. The van der Waals surface area contributed by atoms with Gasteiger partial charge in [0.15, 0.2) is 5.11 Å². The number of aromatic nitrogens is 1. The molecule has 0 aliphatic heterocycles. The van der Waals surface area contributed by atoms with Gasteiger partial charge in [0.2, 0.25) is 0 Å². The number of thiocarbonyl (C=S) groups is 1. The van der Waals surface area contributed by atoms with Gasteiger partial charge in [-0.05, 0) is 69.3 Å². The molecule has 5 heteroatoms. The minimum Gasteiger partial charge on any atom is -0.341 e. The van der Waals surface area contributed by atoms with E-state index in [1.807, 2.05) is 12.3 Å². The quantitative estimate of drug-likeness (QED) is 0.736.